The predicted molar refractivity (Wildman–Crippen MR) is 92.3 cm³/mol. The van der Waals surface area contributed by atoms with Gasteiger partial charge in [-0.25, -0.2) is 9.55 Å². The Morgan fingerprint density at radius 1 is 1.17 bits per heavy atom. The van der Waals surface area contributed by atoms with Crippen LogP contribution < -0.4 is 4.57 Å². The van der Waals surface area contributed by atoms with E-state index in [0.29, 0.717) is 11.3 Å². The van der Waals surface area contributed by atoms with E-state index in [4.69, 9.17) is 8.53 Å². The summed E-state index contributed by atoms with van der Waals surface area (Å²) in [6.45, 7) is 1.98. The number of aryl methyl sites for hydroxylation is 4. The van der Waals surface area contributed by atoms with E-state index in [1.54, 1.807) is 18.5 Å². The van der Waals surface area contributed by atoms with Gasteiger partial charge in [0.25, 0.3) is 0 Å². The SMILES string of the molecule is [2H]C([2H])([2H])c1ccc(-c2c(C)cc(C)c3c2oc2ncccc23)[n+](C)c1. The number of pyridine rings is 2. The third kappa shape index (κ3) is 2.04. The molecule has 0 fully saturated rings. The lowest BCUT2D eigenvalue weighted by Crippen LogP contribution is -2.31. The molecular formula is C20H19N2O+. The van der Waals surface area contributed by atoms with Gasteiger partial charge in [0.1, 0.15) is 7.05 Å². The van der Waals surface area contributed by atoms with Crippen LogP contribution in [0.1, 0.15) is 20.8 Å². The fraction of sp³-hybridized carbons (Fsp3) is 0.200. The van der Waals surface area contributed by atoms with Crippen molar-refractivity contribution in [2.24, 2.45) is 7.05 Å². The van der Waals surface area contributed by atoms with Gasteiger partial charge in [-0.2, -0.15) is 0 Å². The van der Waals surface area contributed by atoms with Crippen molar-refractivity contribution in [1.29, 1.82) is 0 Å². The first-order chi connectivity index (χ1) is 12.3. The maximum atomic E-state index is 7.61. The maximum Gasteiger partial charge on any atom is 0.227 e. The van der Waals surface area contributed by atoms with Crippen molar-refractivity contribution in [3.63, 3.8) is 0 Å². The molecular weight excluding hydrogens is 284 g/mol. The Labute approximate surface area is 139 Å². The van der Waals surface area contributed by atoms with Crippen molar-refractivity contribution >= 4 is 22.1 Å². The molecule has 3 heteroatoms. The van der Waals surface area contributed by atoms with E-state index in [2.05, 4.69) is 18.0 Å². The van der Waals surface area contributed by atoms with E-state index < -0.39 is 6.85 Å². The Morgan fingerprint density at radius 2 is 2.04 bits per heavy atom. The van der Waals surface area contributed by atoms with Crippen LogP contribution in [0, 0.1) is 20.7 Å². The summed E-state index contributed by atoms with van der Waals surface area (Å²) in [5.74, 6) is 0. The molecule has 4 aromatic rings. The summed E-state index contributed by atoms with van der Waals surface area (Å²) in [6, 6.07) is 9.56. The van der Waals surface area contributed by atoms with E-state index in [-0.39, 0.29) is 0 Å². The van der Waals surface area contributed by atoms with Gasteiger partial charge in [-0.3, -0.25) is 0 Å². The standard InChI is InChI=1S/C20H19N2O/c1-12-7-8-16(22(4)11-12)18-14(3)10-13(2)17-15-6-5-9-21-20(15)23-19(17)18/h5-11H,1-4H3/q+1/i1D3. The molecule has 0 spiro atoms. The zero-order valence-corrected chi connectivity index (χ0v) is 13.3. The monoisotopic (exact) mass is 306 g/mol. The molecule has 3 heterocycles. The van der Waals surface area contributed by atoms with Gasteiger partial charge in [0.05, 0.1) is 5.56 Å². The second kappa shape index (κ2) is 4.92. The van der Waals surface area contributed by atoms with Gasteiger partial charge in [0.15, 0.2) is 11.8 Å². The zero-order chi connectivity index (χ0) is 18.6. The average molecular weight is 306 g/mol. The van der Waals surface area contributed by atoms with E-state index in [9.17, 15) is 0 Å². The van der Waals surface area contributed by atoms with E-state index in [1.807, 2.05) is 36.7 Å². The average Bonchev–Trinajstić information content (AvgIpc) is 2.94. The maximum absolute atomic E-state index is 7.61. The van der Waals surface area contributed by atoms with Crippen LogP contribution in [-0.4, -0.2) is 4.98 Å². The van der Waals surface area contributed by atoms with E-state index in [1.165, 1.54) is 0 Å². The molecule has 23 heavy (non-hydrogen) atoms. The Hall–Kier alpha value is -2.68. The van der Waals surface area contributed by atoms with Crippen molar-refractivity contribution in [1.82, 2.24) is 4.98 Å². The molecule has 3 aromatic heterocycles. The Bertz CT molecular complexity index is 1160. The van der Waals surface area contributed by atoms with Crippen molar-refractivity contribution in [2.45, 2.75) is 20.7 Å². The minimum absolute atomic E-state index is 0.316. The van der Waals surface area contributed by atoms with Crippen LogP contribution in [0.25, 0.3) is 33.3 Å². The molecule has 0 atom stereocenters. The highest BCUT2D eigenvalue weighted by Gasteiger charge is 2.22. The lowest BCUT2D eigenvalue weighted by atomic mass is 9.97. The summed E-state index contributed by atoms with van der Waals surface area (Å²) in [4.78, 5) is 4.34. The zero-order valence-electron chi connectivity index (χ0n) is 16.3. The van der Waals surface area contributed by atoms with Crippen LogP contribution in [0.5, 0.6) is 0 Å². The normalized spacial score (nSPS) is 14.0. The van der Waals surface area contributed by atoms with Gasteiger partial charge in [0.2, 0.25) is 11.4 Å². The van der Waals surface area contributed by atoms with Gasteiger partial charge in [-0.15, -0.1) is 0 Å². The van der Waals surface area contributed by atoms with Crippen molar-refractivity contribution < 1.29 is 13.1 Å². The summed E-state index contributed by atoms with van der Waals surface area (Å²) >= 11 is 0. The Balaban J connectivity index is 2.06. The largest absolute Gasteiger partial charge is 0.437 e. The van der Waals surface area contributed by atoms with E-state index >= 15 is 0 Å². The fourth-order valence-electron chi connectivity index (χ4n) is 3.33. The topological polar surface area (TPSA) is 29.9 Å². The molecule has 0 radical (unpaired) electrons. The number of aromatic nitrogens is 2. The molecule has 0 saturated carbocycles. The van der Waals surface area contributed by atoms with Crippen LogP contribution in [-0.2, 0) is 7.05 Å². The third-order valence-electron chi connectivity index (χ3n) is 4.30. The number of fused-ring (bicyclic) bond motifs is 3. The summed E-state index contributed by atoms with van der Waals surface area (Å²) in [5.41, 5.74) is 5.78. The van der Waals surface area contributed by atoms with Gasteiger partial charge >= 0.3 is 0 Å². The number of hydrogen-bond acceptors (Lipinski definition) is 2. The third-order valence-corrected chi connectivity index (χ3v) is 4.30. The molecule has 4 rings (SSSR count). The molecule has 0 amide bonds. The highest BCUT2D eigenvalue weighted by molar-refractivity contribution is 6.10. The van der Waals surface area contributed by atoms with Crippen LogP contribution in [0.4, 0.5) is 0 Å². The Morgan fingerprint density at radius 3 is 2.83 bits per heavy atom. The molecule has 0 unspecified atom stereocenters. The van der Waals surface area contributed by atoms with E-state index in [0.717, 1.165) is 38.7 Å². The summed E-state index contributed by atoms with van der Waals surface area (Å²) < 4.78 is 30.8. The molecule has 0 aliphatic rings. The summed E-state index contributed by atoms with van der Waals surface area (Å²) in [5, 5.41) is 2.04. The van der Waals surface area contributed by atoms with Crippen LogP contribution in [0.2, 0.25) is 0 Å². The van der Waals surface area contributed by atoms with Crippen LogP contribution in [0.3, 0.4) is 0 Å². The first-order valence-corrected chi connectivity index (χ1v) is 7.55. The molecule has 114 valence electrons. The smallest absolute Gasteiger partial charge is 0.227 e. The molecule has 0 aliphatic carbocycles. The van der Waals surface area contributed by atoms with Crippen LogP contribution >= 0.6 is 0 Å². The predicted octanol–water partition coefficient (Wildman–Crippen LogP) is 4.40. The van der Waals surface area contributed by atoms with Crippen molar-refractivity contribution in [2.75, 3.05) is 0 Å². The van der Waals surface area contributed by atoms with Gasteiger partial charge < -0.3 is 4.42 Å². The highest BCUT2D eigenvalue weighted by Crippen LogP contribution is 2.38. The summed E-state index contributed by atoms with van der Waals surface area (Å²) in [7, 11) is 1.86. The quantitative estimate of drug-likeness (QED) is 0.488. The summed E-state index contributed by atoms with van der Waals surface area (Å²) in [6.07, 6.45) is 3.38. The van der Waals surface area contributed by atoms with Gasteiger partial charge in [0, 0.05) is 32.7 Å². The lowest BCUT2D eigenvalue weighted by molar-refractivity contribution is -0.660. The second-order valence-corrected chi connectivity index (χ2v) is 5.96. The van der Waals surface area contributed by atoms with Crippen molar-refractivity contribution in [3.05, 3.63) is 59.4 Å². The molecule has 0 bridgehead atoms. The molecule has 3 nitrogen and oxygen atoms in total. The molecule has 0 aliphatic heterocycles. The lowest BCUT2D eigenvalue weighted by Gasteiger charge is -2.08. The molecule has 1 aromatic carbocycles. The molecule has 0 N–H and O–H groups in total. The first kappa shape index (κ1) is 10.9. The minimum atomic E-state index is -2.13. The van der Waals surface area contributed by atoms with Crippen LogP contribution in [0.15, 0.2) is 47.1 Å². The Kier molecular flexibility index (Phi) is 2.34. The minimum Gasteiger partial charge on any atom is -0.437 e. The molecule has 0 saturated heterocycles. The van der Waals surface area contributed by atoms with Gasteiger partial charge in [-0.05, 0) is 50.0 Å². The van der Waals surface area contributed by atoms with Gasteiger partial charge in [-0.1, -0.05) is 6.07 Å². The number of furan rings is 1. The first-order valence-electron chi connectivity index (χ1n) is 9.05. The van der Waals surface area contributed by atoms with Crippen molar-refractivity contribution in [3.8, 4) is 11.3 Å². The fourth-order valence-corrected chi connectivity index (χ4v) is 3.33. The second-order valence-electron chi connectivity index (χ2n) is 5.96. The number of hydrogen-bond donors (Lipinski definition) is 0. The number of nitrogens with zero attached hydrogens (tertiary/aromatic N) is 2. The highest BCUT2D eigenvalue weighted by atomic mass is 16.3. The number of rotatable bonds is 1. The number of benzene rings is 1.